The normalized spacial score (nSPS) is 25.2. The maximum Gasteiger partial charge on any atom is 0.280 e. The number of fused-ring (bicyclic) bond motifs is 1. The monoisotopic (exact) mass is 361 g/mol. The van der Waals surface area contributed by atoms with E-state index in [1.807, 2.05) is 17.5 Å². The molecule has 4 rings (SSSR count). The second kappa shape index (κ2) is 6.08. The summed E-state index contributed by atoms with van der Waals surface area (Å²) in [6.07, 6.45) is 0.680. The molecule has 3 aromatic rings. The molecule has 3 atom stereocenters. The molecule has 0 unspecified atom stereocenters. The van der Waals surface area contributed by atoms with Gasteiger partial charge in [0, 0.05) is 10.5 Å². The van der Waals surface area contributed by atoms with Crippen LogP contribution in [0.2, 0.25) is 0 Å². The van der Waals surface area contributed by atoms with E-state index in [0.29, 0.717) is 5.57 Å². The smallest absolute Gasteiger partial charge is 0.280 e. The van der Waals surface area contributed by atoms with Crippen LogP contribution in [-0.4, -0.2) is 48.5 Å². The van der Waals surface area contributed by atoms with Crippen molar-refractivity contribution in [3.63, 3.8) is 0 Å². The number of aromatic nitrogens is 4. The number of rotatable bonds is 3. The van der Waals surface area contributed by atoms with E-state index in [1.54, 1.807) is 6.08 Å². The summed E-state index contributed by atoms with van der Waals surface area (Å²) < 4.78 is 7.31. The number of anilines is 1. The number of nitrogens with zero attached hydrogens (tertiary/aromatic N) is 3. The molecule has 1 saturated heterocycles. The summed E-state index contributed by atoms with van der Waals surface area (Å²) in [5.41, 5.74) is 6.08. The standard InChI is InChI=1S/C15H15N5O4S/c16-15-18-12-10(13(23)19-15)17-6-20(12)14-8(4-7-2-1-3-25-7)11(22)9(5-21)24-14/h1-4,6,9,11,14,21-22H,5H2,(H3,16,18,19,23)/t9-,11+,14-/m1/s1. The number of ether oxygens (including phenoxy) is 1. The first-order valence-electron chi connectivity index (χ1n) is 7.50. The van der Waals surface area contributed by atoms with Crippen molar-refractivity contribution in [1.82, 2.24) is 19.5 Å². The lowest BCUT2D eigenvalue weighted by molar-refractivity contribution is -0.0422. The average Bonchev–Trinajstić information content (AvgIpc) is 3.29. The third-order valence-corrected chi connectivity index (χ3v) is 4.84. The van der Waals surface area contributed by atoms with Crippen LogP contribution in [-0.2, 0) is 4.74 Å². The molecule has 130 valence electrons. The van der Waals surface area contributed by atoms with Crippen LogP contribution in [0.1, 0.15) is 11.1 Å². The van der Waals surface area contributed by atoms with Gasteiger partial charge in [-0.05, 0) is 17.5 Å². The van der Waals surface area contributed by atoms with E-state index in [1.165, 1.54) is 22.2 Å². The summed E-state index contributed by atoms with van der Waals surface area (Å²) in [5, 5.41) is 21.9. The zero-order valence-corrected chi connectivity index (χ0v) is 13.7. The molecule has 1 aliphatic heterocycles. The third-order valence-electron chi connectivity index (χ3n) is 4.02. The highest BCUT2D eigenvalue weighted by Crippen LogP contribution is 2.37. The van der Waals surface area contributed by atoms with Gasteiger partial charge in [-0.2, -0.15) is 4.98 Å². The lowest BCUT2D eigenvalue weighted by Crippen LogP contribution is -2.25. The van der Waals surface area contributed by atoms with Crippen LogP contribution in [0.4, 0.5) is 5.95 Å². The van der Waals surface area contributed by atoms with Gasteiger partial charge in [0.1, 0.15) is 12.2 Å². The van der Waals surface area contributed by atoms with E-state index < -0.39 is 24.0 Å². The Balaban J connectivity index is 1.86. The highest BCUT2D eigenvalue weighted by molar-refractivity contribution is 7.10. The van der Waals surface area contributed by atoms with Crippen LogP contribution in [0.5, 0.6) is 0 Å². The highest BCUT2D eigenvalue weighted by Gasteiger charge is 2.40. The summed E-state index contributed by atoms with van der Waals surface area (Å²) in [6, 6.07) is 3.80. The number of hydrogen-bond donors (Lipinski definition) is 4. The van der Waals surface area contributed by atoms with Gasteiger partial charge < -0.3 is 20.7 Å². The Morgan fingerprint density at radius 2 is 2.36 bits per heavy atom. The van der Waals surface area contributed by atoms with Gasteiger partial charge in [-0.25, -0.2) is 4.98 Å². The second-order valence-corrected chi connectivity index (χ2v) is 6.57. The van der Waals surface area contributed by atoms with Gasteiger partial charge in [0.05, 0.1) is 12.9 Å². The van der Waals surface area contributed by atoms with E-state index in [-0.39, 0.29) is 23.7 Å². The molecule has 1 aliphatic rings. The quantitative estimate of drug-likeness (QED) is 0.519. The first kappa shape index (κ1) is 16.0. The molecular weight excluding hydrogens is 346 g/mol. The van der Waals surface area contributed by atoms with Crippen LogP contribution in [0.3, 0.4) is 0 Å². The molecular formula is C15H15N5O4S. The maximum atomic E-state index is 12.0. The molecule has 0 aromatic carbocycles. The first-order valence-corrected chi connectivity index (χ1v) is 8.38. The number of hydrogen-bond acceptors (Lipinski definition) is 8. The van der Waals surface area contributed by atoms with E-state index in [9.17, 15) is 15.0 Å². The minimum absolute atomic E-state index is 0.0414. The number of nitrogens with two attached hydrogens (primary N) is 1. The number of nitrogen functional groups attached to an aromatic ring is 1. The molecule has 3 aromatic heterocycles. The van der Waals surface area contributed by atoms with Crippen LogP contribution >= 0.6 is 11.3 Å². The lowest BCUT2D eigenvalue weighted by atomic mass is 10.1. The molecule has 0 amide bonds. The Labute approximate surface area is 145 Å². The van der Waals surface area contributed by atoms with Crippen LogP contribution < -0.4 is 11.3 Å². The van der Waals surface area contributed by atoms with Gasteiger partial charge in [-0.3, -0.25) is 14.3 Å². The van der Waals surface area contributed by atoms with Gasteiger partial charge in [0.15, 0.2) is 17.4 Å². The summed E-state index contributed by atoms with van der Waals surface area (Å²) in [4.78, 5) is 23.5. The average molecular weight is 361 g/mol. The molecule has 0 spiro atoms. The van der Waals surface area contributed by atoms with E-state index in [0.717, 1.165) is 4.88 Å². The van der Waals surface area contributed by atoms with Gasteiger partial charge in [0.25, 0.3) is 5.56 Å². The molecule has 0 saturated carbocycles. The zero-order chi connectivity index (χ0) is 17.6. The maximum absolute atomic E-state index is 12.0. The van der Waals surface area contributed by atoms with Crippen molar-refractivity contribution < 1.29 is 14.9 Å². The number of imidazole rings is 1. The molecule has 0 radical (unpaired) electrons. The minimum Gasteiger partial charge on any atom is -0.394 e. The number of thiophene rings is 1. The summed E-state index contributed by atoms with van der Waals surface area (Å²) in [5.74, 6) is -0.0414. The Kier molecular flexibility index (Phi) is 3.88. The molecule has 0 aliphatic carbocycles. The van der Waals surface area contributed by atoms with Crippen molar-refractivity contribution in [2.75, 3.05) is 12.3 Å². The molecule has 5 N–H and O–H groups in total. The predicted octanol–water partition coefficient (Wildman–Crippen LogP) is 0.0975. The number of aliphatic hydroxyl groups excluding tert-OH is 2. The Bertz CT molecular complexity index is 993. The summed E-state index contributed by atoms with van der Waals surface area (Å²) >= 11 is 1.51. The predicted molar refractivity (Wildman–Crippen MR) is 91.9 cm³/mol. The van der Waals surface area contributed by atoms with Gasteiger partial charge in [-0.1, -0.05) is 6.07 Å². The Morgan fingerprint density at radius 1 is 1.52 bits per heavy atom. The molecule has 9 nitrogen and oxygen atoms in total. The Hall–Kier alpha value is -2.53. The van der Waals surface area contributed by atoms with Crippen molar-refractivity contribution in [3.05, 3.63) is 44.6 Å². The number of aromatic amines is 1. The van der Waals surface area contributed by atoms with Gasteiger partial charge in [0.2, 0.25) is 5.95 Å². The van der Waals surface area contributed by atoms with E-state index >= 15 is 0 Å². The van der Waals surface area contributed by atoms with Crippen molar-refractivity contribution >= 4 is 34.5 Å². The van der Waals surface area contributed by atoms with E-state index in [2.05, 4.69) is 15.0 Å². The van der Waals surface area contributed by atoms with Crippen molar-refractivity contribution in [1.29, 1.82) is 0 Å². The summed E-state index contributed by atoms with van der Waals surface area (Å²) in [6.45, 7) is -0.345. The second-order valence-electron chi connectivity index (χ2n) is 5.59. The molecule has 1 fully saturated rings. The minimum atomic E-state index is -0.992. The van der Waals surface area contributed by atoms with Gasteiger partial charge in [-0.15, -0.1) is 11.3 Å². The van der Waals surface area contributed by atoms with Crippen molar-refractivity contribution in [2.24, 2.45) is 0 Å². The van der Waals surface area contributed by atoms with Crippen molar-refractivity contribution in [2.45, 2.75) is 18.4 Å². The SMILES string of the molecule is Nc1nc2c(ncn2[C@@H]2O[C@H](CO)[C@@H](O)C2=Cc2cccs2)c(=O)[nH]1. The first-order chi connectivity index (χ1) is 12.1. The molecule has 25 heavy (non-hydrogen) atoms. The fourth-order valence-corrected chi connectivity index (χ4v) is 3.53. The lowest BCUT2D eigenvalue weighted by Gasteiger charge is -2.14. The summed E-state index contributed by atoms with van der Waals surface area (Å²) in [7, 11) is 0. The van der Waals surface area contributed by atoms with Crippen LogP contribution in [0, 0.1) is 0 Å². The highest BCUT2D eigenvalue weighted by atomic mass is 32.1. The Morgan fingerprint density at radius 3 is 3.08 bits per heavy atom. The number of H-pyrrole nitrogens is 1. The fourth-order valence-electron chi connectivity index (χ4n) is 2.86. The van der Waals surface area contributed by atoms with Crippen LogP contribution in [0.25, 0.3) is 17.2 Å². The van der Waals surface area contributed by atoms with Gasteiger partial charge >= 0.3 is 0 Å². The molecule has 0 bridgehead atoms. The van der Waals surface area contributed by atoms with E-state index in [4.69, 9.17) is 10.5 Å². The third kappa shape index (κ3) is 2.65. The molecule has 10 heteroatoms. The number of nitrogens with one attached hydrogen (secondary N) is 1. The van der Waals surface area contributed by atoms with Crippen molar-refractivity contribution in [3.8, 4) is 0 Å². The molecule has 4 heterocycles. The topological polar surface area (TPSA) is 139 Å². The fraction of sp³-hybridized carbons (Fsp3) is 0.267. The largest absolute Gasteiger partial charge is 0.394 e. The van der Waals surface area contributed by atoms with Crippen LogP contribution in [0.15, 0.2) is 34.2 Å². The number of aliphatic hydroxyl groups is 2. The zero-order valence-electron chi connectivity index (χ0n) is 12.9.